The Hall–Kier alpha value is -1.48. The van der Waals surface area contributed by atoms with Crippen LogP contribution in [0.2, 0.25) is 0 Å². The molecule has 1 atom stereocenters. The number of aliphatic hydroxyl groups excluding tert-OH is 1. The Morgan fingerprint density at radius 3 is 2.64 bits per heavy atom. The van der Waals surface area contributed by atoms with Gasteiger partial charge in [0.05, 0.1) is 28.6 Å². The molecule has 0 aliphatic carbocycles. The average molecular weight is 407 g/mol. The number of likely N-dealkylation sites (tertiary alicyclic amines) is 1. The van der Waals surface area contributed by atoms with Crippen molar-refractivity contribution < 1.29 is 13.5 Å². The van der Waals surface area contributed by atoms with E-state index in [1.54, 1.807) is 16.4 Å². The fraction of sp³-hybridized carbons (Fsp3) is 0.650. The maximum absolute atomic E-state index is 13.0. The van der Waals surface area contributed by atoms with Gasteiger partial charge in [-0.25, -0.2) is 13.4 Å². The molecule has 0 radical (unpaired) electrons. The third-order valence-electron chi connectivity index (χ3n) is 5.91. The molecule has 0 spiro atoms. The lowest BCUT2D eigenvalue weighted by molar-refractivity contribution is 0.0650. The van der Waals surface area contributed by atoms with Crippen molar-refractivity contribution in [3.8, 4) is 0 Å². The smallest absolute Gasteiger partial charge is 0.243 e. The summed E-state index contributed by atoms with van der Waals surface area (Å²) in [6.07, 6.45) is 4.54. The molecule has 2 aliphatic rings. The highest BCUT2D eigenvalue weighted by Crippen LogP contribution is 2.26. The van der Waals surface area contributed by atoms with E-state index in [1.807, 2.05) is 6.07 Å². The van der Waals surface area contributed by atoms with E-state index in [9.17, 15) is 13.5 Å². The number of benzene rings is 1. The topological polar surface area (TPSA) is 78.7 Å². The quantitative estimate of drug-likeness (QED) is 0.823. The lowest BCUT2D eigenvalue weighted by Crippen LogP contribution is -2.38. The lowest BCUT2D eigenvalue weighted by atomic mass is 10.1. The van der Waals surface area contributed by atoms with Gasteiger partial charge in [-0.15, -0.1) is 0 Å². The molecule has 2 aliphatic heterocycles. The standard InChI is InChI=1S/C20H30N4O3S/c1-2-24-19-9-8-17(28(26,27)23-11-4-3-5-12-23)13-18(19)21-20(24)15-22-10-6-7-16(25)14-22/h8-9,13,16,25H,2-7,10-12,14-15H2,1H3. The molecule has 1 N–H and O–H groups in total. The van der Waals surface area contributed by atoms with Gasteiger partial charge in [0.15, 0.2) is 0 Å². The van der Waals surface area contributed by atoms with Gasteiger partial charge in [0.2, 0.25) is 10.0 Å². The molecule has 3 heterocycles. The molecule has 1 unspecified atom stereocenters. The van der Waals surface area contributed by atoms with E-state index < -0.39 is 10.0 Å². The van der Waals surface area contributed by atoms with Crippen molar-refractivity contribution in [3.63, 3.8) is 0 Å². The number of fused-ring (bicyclic) bond motifs is 1. The zero-order chi connectivity index (χ0) is 19.7. The molecule has 8 heteroatoms. The number of aryl methyl sites for hydroxylation is 1. The van der Waals surface area contributed by atoms with Crippen molar-refractivity contribution in [1.29, 1.82) is 0 Å². The third kappa shape index (κ3) is 3.83. The summed E-state index contributed by atoms with van der Waals surface area (Å²) in [5, 5.41) is 9.93. The minimum Gasteiger partial charge on any atom is -0.392 e. The molecule has 2 fully saturated rings. The summed E-state index contributed by atoms with van der Waals surface area (Å²) in [5.41, 5.74) is 1.69. The van der Waals surface area contributed by atoms with Gasteiger partial charge < -0.3 is 9.67 Å². The van der Waals surface area contributed by atoms with Crippen LogP contribution in [0.5, 0.6) is 0 Å². The zero-order valence-electron chi connectivity index (χ0n) is 16.5. The van der Waals surface area contributed by atoms with Gasteiger partial charge >= 0.3 is 0 Å². The summed E-state index contributed by atoms with van der Waals surface area (Å²) in [5.74, 6) is 0.930. The van der Waals surface area contributed by atoms with Crippen LogP contribution in [0.25, 0.3) is 11.0 Å². The van der Waals surface area contributed by atoms with Crippen LogP contribution in [-0.2, 0) is 23.1 Å². The molecular formula is C20H30N4O3S. The minimum atomic E-state index is -3.46. The first-order valence-electron chi connectivity index (χ1n) is 10.4. The van der Waals surface area contributed by atoms with E-state index in [0.29, 0.717) is 31.1 Å². The van der Waals surface area contributed by atoms with Crippen LogP contribution in [0, 0.1) is 0 Å². The molecule has 2 saturated heterocycles. The highest BCUT2D eigenvalue weighted by Gasteiger charge is 2.27. The summed E-state index contributed by atoms with van der Waals surface area (Å²) in [6.45, 7) is 6.36. The Bertz CT molecular complexity index is 934. The number of nitrogens with zero attached hydrogens (tertiary/aromatic N) is 4. The zero-order valence-corrected chi connectivity index (χ0v) is 17.4. The second kappa shape index (κ2) is 8.10. The molecule has 4 rings (SSSR count). The van der Waals surface area contributed by atoms with Crippen LogP contribution in [0.1, 0.15) is 44.9 Å². The highest BCUT2D eigenvalue weighted by atomic mass is 32.2. The molecule has 7 nitrogen and oxygen atoms in total. The minimum absolute atomic E-state index is 0.269. The van der Waals surface area contributed by atoms with Gasteiger partial charge in [0.25, 0.3) is 0 Å². The number of aliphatic hydroxyl groups is 1. The SMILES string of the molecule is CCn1c(CN2CCCC(O)C2)nc2cc(S(=O)(=O)N3CCCCC3)ccc21. The van der Waals surface area contributed by atoms with Gasteiger partial charge in [-0.2, -0.15) is 4.31 Å². The van der Waals surface area contributed by atoms with Crippen molar-refractivity contribution >= 4 is 21.1 Å². The van der Waals surface area contributed by atoms with Crippen molar-refractivity contribution in [2.75, 3.05) is 26.2 Å². The number of aromatic nitrogens is 2. The first-order valence-corrected chi connectivity index (χ1v) is 11.8. The largest absolute Gasteiger partial charge is 0.392 e. The Balaban J connectivity index is 1.64. The first-order chi connectivity index (χ1) is 13.5. The van der Waals surface area contributed by atoms with Crippen molar-refractivity contribution in [1.82, 2.24) is 18.8 Å². The lowest BCUT2D eigenvalue weighted by Gasteiger charge is -2.29. The van der Waals surface area contributed by atoms with Gasteiger partial charge in [0.1, 0.15) is 5.82 Å². The molecular weight excluding hydrogens is 376 g/mol. The van der Waals surface area contributed by atoms with Crippen LogP contribution in [0.3, 0.4) is 0 Å². The summed E-state index contributed by atoms with van der Waals surface area (Å²) < 4.78 is 29.7. The summed E-state index contributed by atoms with van der Waals surface area (Å²) in [7, 11) is -3.46. The van der Waals surface area contributed by atoms with E-state index in [0.717, 1.165) is 62.1 Å². The predicted molar refractivity (Wildman–Crippen MR) is 109 cm³/mol. The molecule has 0 bridgehead atoms. The normalized spacial score (nSPS) is 22.7. The van der Waals surface area contributed by atoms with Crippen molar-refractivity contribution in [2.45, 2.75) is 63.1 Å². The van der Waals surface area contributed by atoms with Crippen molar-refractivity contribution in [3.05, 3.63) is 24.0 Å². The molecule has 154 valence electrons. The summed E-state index contributed by atoms with van der Waals surface area (Å²) >= 11 is 0. The Kier molecular flexibility index (Phi) is 5.73. The molecule has 1 aromatic heterocycles. The number of rotatable bonds is 5. The average Bonchev–Trinajstić information content (AvgIpc) is 3.04. The molecule has 1 aromatic carbocycles. The molecule has 0 saturated carbocycles. The van der Waals surface area contributed by atoms with E-state index in [2.05, 4.69) is 16.4 Å². The number of piperidine rings is 2. The summed E-state index contributed by atoms with van der Waals surface area (Å²) in [4.78, 5) is 7.34. The van der Waals surface area contributed by atoms with Crippen LogP contribution in [0.4, 0.5) is 0 Å². The number of hydrogen-bond donors (Lipinski definition) is 1. The van der Waals surface area contributed by atoms with Crippen LogP contribution >= 0.6 is 0 Å². The van der Waals surface area contributed by atoms with Gasteiger partial charge in [0, 0.05) is 26.2 Å². The Labute approximate surface area is 167 Å². The summed E-state index contributed by atoms with van der Waals surface area (Å²) in [6, 6.07) is 5.33. The van der Waals surface area contributed by atoms with Crippen LogP contribution in [-0.4, -0.2) is 64.6 Å². The molecule has 0 amide bonds. The second-order valence-corrected chi connectivity index (χ2v) is 9.86. The van der Waals surface area contributed by atoms with Crippen molar-refractivity contribution in [2.24, 2.45) is 0 Å². The number of imidazole rings is 1. The van der Waals surface area contributed by atoms with Crippen LogP contribution in [0.15, 0.2) is 23.1 Å². The fourth-order valence-electron chi connectivity index (χ4n) is 4.42. The van der Waals surface area contributed by atoms with E-state index in [4.69, 9.17) is 4.98 Å². The maximum atomic E-state index is 13.0. The monoisotopic (exact) mass is 406 g/mol. The van der Waals surface area contributed by atoms with Gasteiger partial charge in [-0.3, -0.25) is 4.90 Å². The fourth-order valence-corrected chi connectivity index (χ4v) is 5.96. The Morgan fingerprint density at radius 1 is 1.14 bits per heavy atom. The Morgan fingerprint density at radius 2 is 1.93 bits per heavy atom. The van der Waals surface area contributed by atoms with E-state index in [1.165, 1.54) is 0 Å². The van der Waals surface area contributed by atoms with Gasteiger partial charge in [-0.05, 0) is 57.4 Å². The second-order valence-electron chi connectivity index (χ2n) is 7.92. The van der Waals surface area contributed by atoms with Crippen LogP contribution < -0.4 is 0 Å². The molecule has 28 heavy (non-hydrogen) atoms. The number of sulfonamides is 1. The maximum Gasteiger partial charge on any atom is 0.243 e. The molecule has 2 aromatic rings. The number of hydrogen-bond acceptors (Lipinski definition) is 5. The predicted octanol–water partition coefficient (Wildman–Crippen LogP) is 2.19. The first kappa shape index (κ1) is 19.8. The highest BCUT2D eigenvalue weighted by molar-refractivity contribution is 7.89. The number of β-amino-alcohol motifs (C(OH)–C–C–N with tert-alkyl or cyclic N) is 1. The van der Waals surface area contributed by atoms with E-state index in [-0.39, 0.29) is 6.10 Å². The van der Waals surface area contributed by atoms with Gasteiger partial charge in [-0.1, -0.05) is 6.42 Å². The third-order valence-corrected chi connectivity index (χ3v) is 7.81. The van der Waals surface area contributed by atoms with E-state index >= 15 is 0 Å².